The number of nitrogens with one attached hydrogen (secondary N) is 3. The van der Waals surface area contributed by atoms with Crippen LogP contribution in [0, 0.1) is 0 Å². The molecule has 2 aromatic carbocycles. The van der Waals surface area contributed by atoms with E-state index in [4.69, 9.17) is 4.74 Å². The Bertz CT molecular complexity index is 1160. The van der Waals surface area contributed by atoms with E-state index in [1.54, 1.807) is 42.7 Å². The number of rotatable bonds is 7. The molecule has 0 saturated carbocycles. The fourth-order valence-electron chi connectivity index (χ4n) is 3.35. The molecule has 1 aromatic heterocycles. The topological polar surface area (TPSA) is 113 Å². The zero-order valence-electron chi connectivity index (χ0n) is 17.9. The Morgan fingerprint density at radius 3 is 2.33 bits per heavy atom. The first-order chi connectivity index (χ1) is 16.0. The first kappa shape index (κ1) is 22.6. The van der Waals surface area contributed by atoms with Gasteiger partial charge in [-0.25, -0.2) is 13.2 Å². The Hall–Kier alpha value is -3.63. The van der Waals surface area contributed by atoms with Crippen LogP contribution in [0.4, 0.5) is 21.9 Å². The van der Waals surface area contributed by atoms with Crippen LogP contribution >= 0.6 is 0 Å². The average Bonchev–Trinajstić information content (AvgIpc) is 2.84. The highest BCUT2D eigenvalue weighted by Crippen LogP contribution is 2.22. The number of hydrogen-bond acceptors (Lipinski definition) is 6. The Kier molecular flexibility index (Phi) is 7.06. The van der Waals surface area contributed by atoms with Gasteiger partial charge in [-0.3, -0.25) is 9.71 Å². The van der Waals surface area contributed by atoms with E-state index in [1.807, 2.05) is 18.2 Å². The molecular formula is C23H25N5O4S. The van der Waals surface area contributed by atoms with Crippen LogP contribution in [0.15, 0.2) is 78.0 Å². The van der Waals surface area contributed by atoms with Gasteiger partial charge in [0, 0.05) is 49.1 Å². The van der Waals surface area contributed by atoms with Crippen molar-refractivity contribution >= 4 is 33.1 Å². The van der Waals surface area contributed by atoms with Gasteiger partial charge in [0.25, 0.3) is 10.0 Å². The zero-order chi connectivity index (χ0) is 23.1. The number of sulfonamides is 1. The maximum atomic E-state index is 12.7. The van der Waals surface area contributed by atoms with Crippen LogP contribution in [0.25, 0.3) is 0 Å². The molecule has 33 heavy (non-hydrogen) atoms. The SMILES string of the molecule is O=C(NCc1cccnc1)Nc1ccc(S(=O)(=O)Nc2ccc(N3CCOCC3)cc2)cc1. The van der Waals surface area contributed by atoms with E-state index in [0.717, 1.165) is 24.3 Å². The molecule has 0 spiro atoms. The van der Waals surface area contributed by atoms with E-state index in [2.05, 4.69) is 25.2 Å². The van der Waals surface area contributed by atoms with Crippen molar-refractivity contribution in [2.45, 2.75) is 11.4 Å². The van der Waals surface area contributed by atoms with Crippen molar-refractivity contribution in [3.05, 3.63) is 78.6 Å². The van der Waals surface area contributed by atoms with E-state index >= 15 is 0 Å². The van der Waals surface area contributed by atoms with Gasteiger partial charge in [-0.1, -0.05) is 6.07 Å². The molecule has 172 valence electrons. The van der Waals surface area contributed by atoms with Crippen molar-refractivity contribution in [2.75, 3.05) is 41.2 Å². The molecular weight excluding hydrogens is 442 g/mol. The Morgan fingerprint density at radius 1 is 0.970 bits per heavy atom. The lowest BCUT2D eigenvalue weighted by atomic mass is 10.2. The summed E-state index contributed by atoms with van der Waals surface area (Å²) in [7, 11) is -3.76. The highest BCUT2D eigenvalue weighted by Gasteiger charge is 2.16. The minimum atomic E-state index is -3.76. The molecule has 0 bridgehead atoms. The van der Waals surface area contributed by atoms with Gasteiger partial charge in [-0.05, 0) is 60.2 Å². The second-order valence-corrected chi connectivity index (χ2v) is 9.13. The summed E-state index contributed by atoms with van der Waals surface area (Å²) >= 11 is 0. The molecule has 0 aliphatic carbocycles. The summed E-state index contributed by atoms with van der Waals surface area (Å²) < 4.78 is 33.4. The Balaban J connectivity index is 1.33. The third kappa shape index (κ3) is 6.21. The molecule has 1 saturated heterocycles. The third-order valence-corrected chi connectivity index (χ3v) is 6.49. The number of pyridine rings is 1. The monoisotopic (exact) mass is 467 g/mol. The molecule has 1 fully saturated rings. The van der Waals surface area contributed by atoms with Crippen molar-refractivity contribution in [1.82, 2.24) is 10.3 Å². The first-order valence-corrected chi connectivity index (χ1v) is 12.0. The molecule has 4 rings (SSSR count). The second-order valence-electron chi connectivity index (χ2n) is 7.45. The zero-order valence-corrected chi connectivity index (χ0v) is 18.7. The molecule has 0 radical (unpaired) electrons. The standard InChI is InChI=1S/C23H25N5O4S/c29-23(25-17-18-2-1-11-24-16-18)26-19-5-9-22(10-6-19)33(30,31)27-20-3-7-21(8-4-20)28-12-14-32-15-13-28/h1-11,16,27H,12-15,17H2,(H2,25,26,29). The van der Waals surface area contributed by atoms with E-state index in [0.29, 0.717) is 31.1 Å². The molecule has 1 aliphatic rings. The van der Waals surface area contributed by atoms with Crippen LogP contribution < -0.4 is 20.3 Å². The van der Waals surface area contributed by atoms with E-state index in [9.17, 15) is 13.2 Å². The molecule has 2 heterocycles. The highest BCUT2D eigenvalue weighted by atomic mass is 32.2. The molecule has 10 heteroatoms. The van der Waals surface area contributed by atoms with Crippen molar-refractivity contribution in [1.29, 1.82) is 0 Å². The quantitative estimate of drug-likeness (QED) is 0.492. The molecule has 1 aliphatic heterocycles. The highest BCUT2D eigenvalue weighted by molar-refractivity contribution is 7.92. The summed E-state index contributed by atoms with van der Waals surface area (Å²) in [6.45, 7) is 3.33. The number of nitrogens with zero attached hydrogens (tertiary/aromatic N) is 2. The fraction of sp³-hybridized carbons (Fsp3) is 0.217. The van der Waals surface area contributed by atoms with Gasteiger partial charge >= 0.3 is 6.03 Å². The lowest BCUT2D eigenvalue weighted by Crippen LogP contribution is -2.36. The lowest BCUT2D eigenvalue weighted by molar-refractivity contribution is 0.122. The normalized spacial score (nSPS) is 13.9. The van der Waals surface area contributed by atoms with Gasteiger partial charge in [-0.15, -0.1) is 0 Å². The first-order valence-electron chi connectivity index (χ1n) is 10.5. The maximum absolute atomic E-state index is 12.7. The van der Waals surface area contributed by atoms with Crippen LogP contribution in [0.5, 0.6) is 0 Å². The Labute approximate surface area is 192 Å². The summed E-state index contributed by atoms with van der Waals surface area (Å²) in [6, 6.07) is 16.5. The molecule has 0 unspecified atom stereocenters. The third-order valence-electron chi connectivity index (χ3n) is 5.09. The summed E-state index contributed by atoms with van der Waals surface area (Å²) in [5, 5.41) is 5.40. The van der Waals surface area contributed by atoms with E-state index in [1.165, 1.54) is 12.1 Å². The fourth-order valence-corrected chi connectivity index (χ4v) is 4.41. The van der Waals surface area contributed by atoms with Crippen LogP contribution in [0.2, 0.25) is 0 Å². The molecule has 0 atom stereocenters. The predicted molar refractivity (Wildman–Crippen MR) is 127 cm³/mol. The number of carbonyl (C=O) groups excluding carboxylic acids is 1. The smallest absolute Gasteiger partial charge is 0.319 e. The summed E-state index contributed by atoms with van der Waals surface area (Å²) in [5.74, 6) is 0. The largest absolute Gasteiger partial charge is 0.378 e. The number of amides is 2. The van der Waals surface area contributed by atoms with Crippen molar-refractivity contribution in [3.8, 4) is 0 Å². The second kappa shape index (κ2) is 10.3. The number of urea groups is 1. The van der Waals surface area contributed by atoms with Gasteiger partial charge in [0.05, 0.1) is 18.1 Å². The van der Waals surface area contributed by atoms with Gasteiger partial charge in [-0.2, -0.15) is 0 Å². The number of aromatic nitrogens is 1. The number of carbonyl (C=O) groups is 1. The number of anilines is 3. The minimum absolute atomic E-state index is 0.0982. The summed E-state index contributed by atoms with van der Waals surface area (Å²) in [5.41, 5.74) is 2.85. The molecule has 2 amide bonds. The predicted octanol–water partition coefficient (Wildman–Crippen LogP) is 3.04. The average molecular weight is 468 g/mol. The van der Waals surface area contributed by atoms with Gasteiger partial charge in [0.15, 0.2) is 0 Å². The number of benzene rings is 2. The van der Waals surface area contributed by atoms with E-state index in [-0.39, 0.29) is 4.90 Å². The molecule has 3 N–H and O–H groups in total. The van der Waals surface area contributed by atoms with Crippen molar-refractivity contribution < 1.29 is 17.9 Å². The lowest BCUT2D eigenvalue weighted by Gasteiger charge is -2.28. The summed E-state index contributed by atoms with van der Waals surface area (Å²) in [6.07, 6.45) is 3.33. The molecule has 3 aromatic rings. The van der Waals surface area contributed by atoms with Gasteiger partial charge < -0.3 is 20.3 Å². The number of morpholine rings is 1. The van der Waals surface area contributed by atoms with E-state index < -0.39 is 16.1 Å². The molecule has 9 nitrogen and oxygen atoms in total. The van der Waals surface area contributed by atoms with Crippen LogP contribution in [-0.2, 0) is 21.3 Å². The number of ether oxygens (including phenoxy) is 1. The van der Waals surface area contributed by atoms with Crippen molar-refractivity contribution in [3.63, 3.8) is 0 Å². The van der Waals surface area contributed by atoms with Crippen LogP contribution in [0.3, 0.4) is 0 Å². The number of hydrogen-bond donors (Lipinski definition) is 3. The summed E-state index contributed by atoms with van der Waals surface area (Å²) in [4.78, 5) is 18.4. The van der Waals surface area contributed by atoms with Crippen LogP contribution in [0.1, 0.15) is 5.56 Å². The minimum Gasteiger partial charge on any atom is -0.378 e. The van der Waals surface area contributed by atoms with Gasteiger partial charge in [0.2, 0.25) is 0 Å². The maximum Gasteiger partial charge on any atom is 0.319 e. The Morgan fingerprint density at radius 2 is 1.67 bits per heavy atom. The van der Waals surface area contributed by atoms with Crippen LogP contribution in [-0.4, -0.2) is 45.7 Å². The van der Waals surface area contributed by atoms with Gasteiger partial charge in [0.1, 0.15) is 0 Å². The van der Waals surface area contributed by atoms with Crippen molar-refractivity contribution in [2.24, 2.45) is 0 Å².